The first kappa shape index (κ1) is 10.1. The normalized spacial score (nSPS) is 9.62. The molecule has 13 heavy (non-hydrogen) atoms. The lowest BCUT2D eigenvalue weighted by Crippen LogP contribution is -1.79. The molecular weight excluding hydrogens is 180 g/mol. The van der Waals surface area contributed by atoms with Crippen molar-refractivity contribution in [3.8, 4) is 0 Å². The molecule has 0 aromatic heterocycles. The lowest BCUT2D eigenvalue weighted by molar-refractivity contribution is 1.15. The van der Waals surface area contributed by atoms with Crippen molar-refractivity contribution in [1.29, 1.82) is 0 Å². The van der Waals surface area contributed by atoms with Crippen molar-refractivity contribution in [2.45, 2.75) is 13.3 Å². The highest BCUT2D eigenvalue weighted by Gasteiger charge is 1.92. The first-order valence-electron chi connectivity index (χ1n) is 4.38. The predicted octanol–water partition coefficient (Wildman–Crippen LogP) is 3.82. The van der Waals surface area contributed by atoms with Crippen LogP contribution < -0.4 is 0 Å². The van der Waals surface area contributed by atoms with E-state index >= 15 is 0 Å². The van der Waals surface area contributed by atoms with Crippen LogP contribution in [0.4, 0.5) is 0 Å². The lowest BCUT2D eigenvalue weighted by Gasteiger charge is -1.99. The molecule has 0 radical (unpaired) electrons. The summed E-state index contributed by atoms with van der Waals surface area (Å²) in [7, 11) is 0. The number of fused-ring (bicyclic) bond motifs is 1. The van der Waals surface area contributed by atoms with Crippen LogP contribution in [0.5, 0.6) is 0 Å². The SMILES string of the molecule is CCc1ccc2ccccc2c1.Cl. The van der Waals surface area contributed by atoms with Gasteiger partial charge in [-0.2, -0.15) is 0 Å². The molecule has 2 aromatic carbocycles. The summed E-state index contributed by atoms with van der Waals surface area (Å²) in [4.78, 5) is 0. The average molecular weight is 193 g/mol. The molecule has 0 bridgehead atoms. The maximum atomic E-state index is 2.26. The van der Waals surface area contributed by atoms with Gasteiger partial charge < -0.3 is 0 Å². The summed E-state index contributed by atoms with van der Waals surface area (Å²) in [5.74, 6) is 0. The Morgan fingerprint density at radius 3 is 2.31 bits per heavy atom. The minimum atomic E-state index is 0. The van der Waals surface area contributed by atoms with E-state index < -0.39 is 0 Å². The molecule has 0 amide bonds. The quantitative estimate of drug-likeness (QED) is 0.645. The number of halogens is 1. The molecule has 0 unspecified atom stereocenters. The fourth-order valence-corrected chi connectivity index (χ4v) is 1.46. The monoisotopic (exact) mass is 192 g/mol. The number of hydrogen-bond donors (Lipinski definition) is 0. The minimum absolute atomic E-state index is 0. The molecule has 0 aliphatic heterocycles. The van der Waals surface area contributed by atoms with Gasteiger partial charge in [-0.25, -0.2) is 0 Å². The molecule has 0 spiro atoms. The summed E-state index contributed by atoms with van der Waals surface area (Å²) in [6.07, 6.45) is 1.12. The molecule has 0 heterocycles. The van der Waals surface area contributed by atoms with Crippen molar-refractivity contribution in [1.82, 2.24) is 0 Å². The number of benzene rings is 2. The Bertz CT molecular complexity index is 393. The fourth-order valence-electron chi connectivity index (χ4n) is 1.46. The standard InChI is InChI=1S/C12H12.ClH/c1-2-10-7-8-11-5-3-4-6-12(11)9-10;/h3-9H,2H2,1H3;1H. The molecule has 2 rings (SSSR count). The summed E-state index contributed by atoms with van der Waals surface area (Å²) in [6, 6.07) is 15.1. The molecule has 0 saturated heterocycles. The molecule has 0 atom stereocenters. The second-order valence-corrected chi connectivity index (χ2v) is 3.04. The highest BCUT2D eigenvalue weighted by Crippen LogP contribution is 2.15. The van der Waals surface area contributed by atoms with Gasteiger partial charge in [-0.05, 0) is 22.8 Å². The van der Waals surface area contributed by atoms with Gasteiger partial charge in [0.05, 0.1) is 0 Å². The van der Waals surface area contributed by atoms with Crippen molar-refractivity contribution >= 4 is 23.2 Å². The van der Waals surface area contributed by atoms with Crippen molar-refractivity contribution in [3.63, 3.8) is 0 Å². The van der Waals surface area contributed by atoms with Crippen LogP contribution in [0, 0.1) is 0 Å². The van der Waals surface area contributed by atoms with Gasteiger partial charge in [-0.15, -0.1) is 12.4 Å². The third-order valence-corrected chi connectivity index (χ3v) is 2.22. The van der Waals surface area contributed by atoms with Crippen molar-refractivity contribution in [2.75, 3.05) is 0 Å². The van der Waals surface area contributed by atoms with E-state index in [0.29, 0.717) is 0 Å². The van der Waals surface area contributed by atoms with Crippen LogP contribution >= 0.6 is 12.4 Å². The zero-order valence-corrected chi connectivity index (χ0v) is 8.47. The Hall–Kier alpha value is -1.01. The Morgan fingerprint density at radius 1 is 0.923 bits per heavy atom. The van der Waals surface area contributed by atoms with Gasteiger partial charge in [0.15, 0.2) is 0 Å². The molecule has 2 aromatic rings. The van der Waals surface area contributed by atoms with Crippen LogP contribution in [0.2, 0.25) is 0 Å². The van der Waals surface area contributed by atoms with E-state index in [1.165, 1.54) is 16.3 Å². The maximum Gasteiger partial charge on any atom is -0.0181 e. The third kappa shape index (κ3) is 2.02. The Labute approximate surface area is 85.0 Å². The van der Waals surface area contributed by atoms with Gasteiger partial charge >= 0.3 is 0 Å². The van der Waals surface area contributed by atoms with Gasteiger partial charge in [0.1, 0.15) is 0 Å². The smallest absolute Gasteiger partial charge is 0.0181 e. The van der Waals surface area contributed by atoms with Crippen molar-refractivity contribution < 1.29 is 0 Å². The third-order valence-electron chi connectivity index (χ3n) is 2.22. The van der Waals surface area contributed by atoms with Crippen LogP contribution in [-0.4, -0.2) is 0 Å². The Morgan fingerprint density at radius 2 is 1.62 bits per heavy atom. The van der Waals surface area contributed by atoms with E-state index in [4.69, 9.17) is 0 Å². The second kappa shape index (κ2) is 4.29. The number of hydrogen-bond acceptors (Lipinski definition) is 0. The highest BCUT2D eigenvalue weighted by molar-refractivity contribution is 5.85. The first-order valence-corrected chi connectivity index (χ1v) is 4.38. The summed E-state index contributed by atoms with van der Waals surface area (Å²) in [5, 5.41) is 2.67. The molecule has 0 aliphatic rings. The van der Waals surface area contributed by atoms with Crippen molar-refractivity contribution in [2.24, 2.45) is 0 Å². The Balaban J connectivity index is 0.000000845. The zero-order chi connectivity index (χ0) is 8.39. The molecule has 1 heteroatoms. The van der Waals surface area contributed by atoms with Crippen LogP contribution in [0.3, 0.4) is 0 Å². The molecule has 0 fully saturated rings. The van der Waals surface area contributed by atoms with Gasteiger partial charge in [-0.1, -0.05) is 49.4 Å². The lowest BCUT2D eigenvalue weighted by atomic mass is 10.1. The summed E-state index contributed by atoms with van der Waals surface area (Å²) in [6.45, 7) is 2.18. The van der Waals surface area contributed by atoms with E-state index in [1.807, 2.05) is 0 Å². The largest absolute Gasteiger partial charge is 0.147 e. The topological polar surface area (TPSA) is 0 Å². The van der Waals surface area contributed by atoms with Crippen LogP contribution in [0.25, 0.3) is 10.8 Å². The van der Waals surface area contributed by atoms with Crippen LogP contribution in [0.15, 0.2) is 42.5 Å². The maximum absolute atomic E-state index is 2.26. The predicted molar refractivity (Wildman–Crippen MR) is 60.6 cm³/mol. The van der Waals surface area contributed by atoms with Crippen LogP contribution in [-0.2, 0) is 6.42 Å². The van der Waals surface area contributed by atoms with E-state index in [1.54, 1.807) is 0 Å². The van der Waals surface area contributed by atoms with Gasteiger partial charge in [0, 0.05) is 0 Å². The molecular formula is C12H13Cl. The highest BCUT2D eigenvalue weighted by atomic mass is 35.5. The Kier molecular flexibility index (Phi) is 3.32. The van der Waals surface area contributed by atoms with Gasteiger partial charge in [-0.3, -0.25) is 0 Å². The summed E-state index contributed by atoms with van der Waals surface area (Å²) in [5.41, 5.74) is 1.41. The van der Waals surface area contributed by atoms with E-state index in [9.17, 15) is 0 Å². The minimum Gasteiger partial charge on any atom is -0.147 e. The first-order chi connectivity index (χ1) is 5.90. The van der Waals surface area contributed by atoms with E-state index in [-0.39, 0.29) is 12.4 Å². The average Bonchev–Trinajstić information content (AvgIpc) is 2.17. The summed E-state index contributed by atoms with van der Waals surface area (Å²) >= 11 is 0. The van der Waals surface area contributed by atoms with Crippen molar-refractivity contribution in [3.05, 3.63) is 48.0 Å². The second-order valence-electron chi connectivity index (χ2n) is 3.04. The molecule has 0 saturated carbocycles. The van der Waals surface area contributed by atoms with Gasteiger partial charge in [0.2, 0.25) is 0 Å². The molecule has 0 aliphatic carbocycles. The molecule has 68 valence electrons. The summed E-state index contributed by atoms with van der Waals surface area (Å²) < 4.78 is 0. The molecule has 0 N–H and O–H groups in total. The van der Waals surface area contributed by atoms with Gasteiger partial charge in [0.25, 0.3) is 0 Å². The van der Waals surface area contributed by atoms with E-state index in [0.717, 1.165) is 6.42 Å². The number of aryl methyl sites for hydroxylation is 1. The number of rotatable bonds is 1. The van der Waals surface area contributed by atoms with E-state index in [2.05, 4.69) is 49.4 Å². The molecule has 0 nitrogen and oxygen atoms in total. The fraction of sp³-hybridized carbons (Fsp3) is 0.167. The zero-order valence-electron chi connectivity index (χ0n) is 7.66. The van der Waals surface area contributed by atoms with Crippen LogP contribution in [0.1, 0.15) is 12.5 Å².